The van der Waals surface area contributed by atoms with Gasteiger partial charge in [-0.15, -0.1) is 0 Å². The van der Waals surface area contributed by atoms with Gasteiger partial charge in [0.15, 0.2) is 16.9 Å². The van der Waals surface area contributed by atoms with E-state index < -0.39 is 15.9 Å². The maximum absolute atomic E-state index is 13.4. The standard InChI is InChI=1S/C25H32N6O7S2/c1-30(2)12-15-37-21-9-8-20-24(27-21)39-25(26-20)28-23(33)22(29-38-18-10-14-36-16-18)17-4-6-19(7-5-17)40(34,35)31(3)11-13-32/h4-9,18,32H,10-16H2,1-3H3,(H,26,28,33)/t18-/m1/s1. The van der Waals surface area contributed by atoms with Crippen LogP contribution in [0.1, 0.15) is 12.0 Å². The second kappa shape index (κ2) is 13.4. The van der Waals surface area contributed by atoms with Crippen molar-refractivity contribution < 1.29 is 32.6 Å². The number of aromatic nitrogens is 2. The smallest absolute Gasteiger partial charge is 0.280 e. The van der Waals surface area contributed by atoms with Gasteiger partial charge in [0.05, 0.1) is 24.7 Å². The quantitative estimate of drug-likeness (QED) is 0.220. The van der Waals surface area contributed by atoms with Gasteiger partial charge < -0.3 is 24.3 Å². The summed E-state index contributed by atoms with van der Waals surface area (Å²) >= 11 is 1.18. The molecule has 3 heterocycles. The molecule has 15 heteroatoms. The molecule has 216 valence electrons. The van der Waals surface area contributed by atoms with E-state index in [2.05, 4.69) is 20.4 Å². The van der Waals surface area contributed by atoms with Crippen molar-refractivity contribution in [3.63, 3.8) is 0 Å². The third-order valence-corrected chi connectivity index (χ3v) is 8.64. The lowest BCUT2D eigenvalue weighted by Crippen LogP contribution is -2.29. The number of nitrogens with one attached hydrogen (secondary N) is 1. The fourth-order valence-corrected chi connectivity index (χ4v) is 5.58. The van der Waals surface area contributed by atoms with E-state index in [1.807, 2.05) is 19.0 Å². The van der Waals surface area contributed by atoms with Crippen LogP contribution in [0.15, 0.2) is 46.4 Å². The Morgan fingerprint density at radius 2 is 1.95 bits per heavy atom. The van der Waals surface area contributed by atoms with Crippen molar-refractivity contribution in [3.8, 4) is 5.88 Å². The van der Waals surface area contributed by atoms with Crippen molar-refractivity contribution in [2.75, 3.05) is 66.0 Å². The Hall–Kier alpha value is -3.21. The van der Waals surface area contributed by atoms with E-state index in [1.165, 1.54) is 42.6 Å². The molecule has 0 aliphatic carbocycles. The van der Waals surface area contributed by atoms with Crippen LogP contribution in [0.5, 0.6) is 5.88 Å². The number of likely N-dealkylation sites (N-methyl/N-ethyl adjacent to an activating group) is 2. The van der Waals surface area contributed by atoms with Crippen molar-refractivity contribution in [1.29, 1.82) is 0 Å². The normalized spacial score (nSPS) is 16.1. The van der Waals surface area contributed by atoms with Crippen LogP contribution in [0, 0.1) is 0 Å². The first-order chi connectivity index (χ1) is 19.2. The van der Waals surface area contributed by atoms with Gasteiger partial charge in [-0.05, 0) is 32.3 Å². The van der Waals surface area contributed by atoms with Crippen LogP contribution in [-0.2, 0) is 24.4 Å². The fraction of sp³-hybridized carbons (Fsp3) is 0.440. The number of anilines is 1. The number of benzene rings is 1. The fourth-order valence-electron chi connectivity index (χ4n) is 3.60. The molecule has 3 aromatic rings. The van der Waals surface area contributed by atoms with Gasteiger partial charge in [0.25, 0.3) is 5.91 Å². The number of oxime groups is 1. The predicted molar refractivity (Wildman–Crippen MR) is 150 cm³/mol. The highest BCUT2D eigenvalue weighted by atomic mass is 32.2. The summed E-state index contributed by atoms with van der Waals surface area (Å²) in [6.45, 7) is 1.77. The van der Waals surface area contributed by atoms with E-state index in [-0.39, 0.29) is 29.9 Å². The van der Waals surface area contributed by atoms with E-state index in [4.69, 9.17) is 19.4 Å². The van der Waals surface area contributed by atoms with E-state index in [0.29, 0.717) is 53.2 Å². The van der Waals surface area contributed by atoms with Gasteiger partial charge in [0, 0.05) is 38.2 Å². The highest BCUT2D eigenvalue weighted by molar-refractivity contribution is 7.89. The van der Waals surface area contributed by atoms with E-state index in [9.17, 15) is 13.2 Å². The van der Waals surface area contributed by atoms with Gasteiger partial charge in [-0.1, -0.05) is 28.6 Å². The largest absolute Gasteiger partial charge is 0.476 e. The number of nitrogens with zero attached hydrogens (tertiary/aromatic N) is 5. The van der Waals surface area contributed by atoms with Gasteiger partial charge >= 0.3 is 0 Å². The molecule has 0 saturated carbocycles. The Morgan fingerprint density at radius 1 is 1.18 bits per heavy atom. The first-order valence-electron chi connectivity index (χ1n) is 12.5. The molecular weight excluding hydrogens is 560 g/mol. The van der Waals surface area contributed by atoms with Gasteiger partial charge in [-0.25, -0.2) is 18.4 Å². The number of sulfonamides is 1. The number of fused-ring (bicyclic) bond motifs is 1. The second-order valence-corrected chi connectivity index (χ2v) is 12.2. The maximum Gasteiger partial charge on any atom is 0.280 e. The highest BCUT2D eigenvalue weighted by Crippen LogP contribution is 2.27. The van der Waals surface area contributed by atoms with Crippen molar-refractivity contribution in [2.45, 2.75) is 17.4 Å². The molecule has 1 aliphatic rings. The van der Waals surface area contributed by atoms with Crippen molar-refractivity contribution in [3.05, 3.63) is 42.0 Å². The van der Waals surface area contributed by atoms with Crippen molar-refractivity contribution in [2.24, 2.45) is 5.16 Å². The minimum atomic E-state index is -3.81. The molecule has 1 fully saturated rings. The van der Waals surface area contributed by atoms with Crippen LogP contribution < -0.4 is 10.1 Å². The Bertz CT molecular complexity index is 1440. The molecule has 0 bridgehead atoms. The first-order valence-corrected chi connectivity index (χ1v) is 14.8. The summed E-state index contributed by atoms with van der Waals surface area (Å²) in [5.74, 6) is -0.126. The summed E-state index contributed by atoms with van der Waals surface area (Å²) in [4.78, 5) is 30.4. The zero-order valence-electron chi connectivity index (χ0n) is 22.4. The summed E-state index contributed by atoms with van der Waals surface area (Å²) < 4.78 is 37.5. The molecule has 4 rings (SSSR count). The van der Waals surface area contributed by atoms with Crippen LogP contribution in [0.4, 0.5) is 5.13 Å². The summed E-state index contributed by atoms with van der Waals surface area (Å²) in [5.41, 5.74) is 0.884. The lowest BCUT2D eigenvalue weighted by Gasteiger charge is -2.16. The molecule has 1 aromatic carbocycles. The molecule has 1 atom stereocenters. The van der Waals surface area contributed by atoms with E-state index >= 15 is 0 Å². The Kier molecular flexibility index (Phi) is 9.99. The summed E-state index contributed by atoms with van der Waals surface area (Å²) in [6, 6.07) is 9.19. The molecule has 2 aromatic heterocycles. The average molecular weight is 593 g/mol. The average Bonchev–Trinajstić information content (AvgIpc) is 3.58. The third kappa shape index (κ3) is 7.50. The summed E-state index contributed by atoms with van der Waals surface area (Å²) in [5, 5.41) is 16.3. The van der Waals surface area contributed by atoms with Crippen LogP contribution in [0.2, 0.25) is 0 Å². The molecule has 2 N–H and O–H groups in total. The molecule has 1 amide bonds. The maximum atomic E-state index is 13.4. The number of ether oxygens (including phenoxy) is 2. The lowest BCUT2D eigenvalue weighted by molar-refractivity contribution is -0.110. The number of hydrogen-bond donors (Lipinski definition) is 2. The highest BCUT2D eigenvalue weighted by Gasteiger charge is 2.24. The molecule has 1 aliphatic heterocycles. The number of rotatable bonds is 13. The SMILES string of the molecule is CN(C)CCOc1ccc2nc(NC(=O)C(=NO[C@@H]3CCOC3)c3ccc(S(=O)(=O)N(C)CCO)cc3)sc2n1. The zero-order chi connectivity index (χ0) is 28.7. The monoisotopic (exact) mass is 592 g/mol. The first kappa shape index (κ1) is 29.8. The number of pyridine rings is 1. The molecule has 13 nitrogen and oxygen atoms in total. The van der Waals surface area contributed by atoms with Crippen LogP contribution in [-0.4, -0.2) is 111 Å². The molecule has 0 unspecified atom stereocenters. The van der Waals surface area contributed by atoms with Gasteiger partial charge in [0.1, 0.15) is 17.0 Å². The predicted octanol–water partition coefficient (Wildman–Crippen LogP) is 1.39. The second-order valence-electron chi connectivity index (χ2n) is 9.20. The Balaban J connectivity index is 1.54. The number of amides is 1. The number of aliphatic hydroxyl groups is 1. The number of carbonyl (C=O) groups excluding carboxylic acids is 1. The van der Waals surface area contributed by atoms with E-state index in [0.717, 1.165) is 10.8 Å². The molecule has 1 saturated heterocycles. The number of aliphatic hydroxyl groups excluding tert-OH is 1. The topological polar surface area (TPSA) is 156 Å². The molecule has 0 radical (unpaired) electrons. The number of hydrogen-bond acceptors (Lipinski definition) is 12. The van der Waals surface area contributed by atoms with Crippen LogP contribution in [0.3, 0.4) is 0 Å². The third-order valence-electron chi connectivity index (χ3n) is 5.89. The number of carbonyl (C=O) groups is 1. The molecular formula is C25H32N6O7S2. The minimum Gasteiger partial charge on any atom is -0.476 e. The van der Waals surface area contributed by atoms with Crippen LogP contribution in [0.25, 0.3) is 10.3 Å². The van der Waals surface area contributed by atoms with Crippen LogP contribution >= 0.6 is 11.3 Å². The van der Waals surface area contributed by atoms with Gasteiger partial charge in [-0.3, -0.25) is 10.1 Å². The lowest BCUT2D eigenvalue weighted by atomic mass is 10.1. The zero-order valence-corrected chi connectivity index (χ0v) is 24.1. The van der Waals surface area contributed by atoms with Gasteiger partial charge in [0.2, 0.25) is 15.9 Å². The van der Waals surface area contributed by atoms with Crippen molar-refractivity contribution >= 4 is 48.5 Å². The number of thiazole rings is 1. The minimum absolute atomic E-state index is 0.0120. The Labute approximate surface area is 236 Å². The molecule has 0 spiro atoms. The van der Waals surface area contributed by atoms with E-state index in [1.54, 1.807) is 12.1 Å². The summed E-state index contributed by atoms with van der Waals surface area (Å²) in [6.07, 6.45) is 0.335. The van der Waals surface area contributed by atoms with Crippen molar-refractivity contribution in [1.82, 2.24) is 19.2 Å². The summed E-state index contributed by atoms with van der Waals surface area (Å²) in [7, 11) is 1.48. The van der Waals surface area contributed by atoms with Gasteiger partial charge in [-0.2, -0.15) is 4.31 Å². The molecule has 40 heavy (non-hydrogen) atoms. The Morgan fingerprint density at radius 3 is 2.62 bits per heavy atom.